The van der Waals surface area contributed by atoms with E-state index in [1.165, 1.54) is 0 Å². The van der Waals surface area contributed by atoms with Crippen molar-refractivity contribution in [1.29, 1.82) is 0 Å². The fourth-order valence-corrected chi connectivity index (χ4v) is 7.16. The quantitative estimate of drug-likeness (QED) is 0.0368. The lowest BCUT2D eigenvalue weighted by Crippen LogP contribution is -2.46. The van der Waals surface area contributed by atoms with Crippen molar-refractivity contribution in [3.63, 3.8) is 0 Å². The fourth-order valence-electron chi connectivity index (χ4n) is 5.15. The molecule has 0 saturated heterocycles. The van der Waals surface area contributed by atoms with Crippen LogP contribution in [0.5, 0.6) is 0 Å². The molecule has 0 radical (unpaired) electrons. The Morgan fingerprint density at radius 1 is 0.885 bits per heavy atom. The first kappa shape index (κ1) is 40.2. The second-order valence-electron chi connectivity index (χ2n) is 13.3. The van der Waals surface area contributed by atoms with Crippen molar-refractivity contribution in [3.05, 3.63) is 90.8 Å². The number of nitrogens with one attached hydrogen (secondary N) is 3. The Morgan fingerprint density at radius 2 is 1.42 bits per heavy atom. The minimum atomic E-state index is -3.90. The highest BCUT2D eigenvalue weighted by Crippen LogP contribution is 2.39. The first-order chi connectivity index (χ1) is 25.0. The van der Waals surface area contributed by atoms with Crippen LogP contribution >= 0.6 is 7.44 Å². The van der Waals surface area contributed by atoms with E-state index in [0.29, 0.717) is 23.5 Å². The molecule has 0 fully saturated rings. The van der Waals surface area contributed by atoms with Crippen LogP contribution in [0.4, 0.5) is 11.8 Å². The van der Waals surface area contributed by atoms with E-state index in [1.807, 2.05) is 88.4 Å². The molecule has 52 heavy (non-hydrogen) atoms. The fraction of sp³-hybridized carbons (Fsp3) is 0.432. The van der Waals surface area contributed by atoms with E-state index in [9.17, 15) is 9.59 Å². The van der Waals surface area contributed by atoms with E-state index in [2.05, 4.69) is 37.0 Å². The summed E-state index contributed by atoms with van der Waals surface area (Å²) in [5.74, 6) is -0.400. The Morgan fingerprint density at radius 3 is 1.92 bits per heavy atom. The number of rotatable bonds is 22. The molecule has 15 heteroatoms. The number of imidazole rings is 1. The summed E-state index contributed by atoms with van der Waals surface area (Å²) in [7, 11) is -3.90. The van der Waals surface area contributed by atoms with Crippen LogP contribution in [0.25, 0.3) is 11.2 Å². The number of hydrogen-bond acceptors (Lipinski definition) is 11. The third kappa shape index (κ3) is 12.6. The summed E-state index contributed by atoms with van der Waals surface area (Å²) in [6, 6.07) is 16.7. The van der Waals surface area contributed by atoms with Gasteiger partial charge < -0.3 is 29.8 Å². The van der Waals surface area contributed by atoms with E-state index in [4.69, 9.17) is 19.9 Å². The molecule has 4 aromatic rings. The van der Waals surface area contributed by atoms with Crippen molar-refractivity contribution in [1.82, 2.24) is 29.7 Å². The number of hydrogen-bond donors (Lipinski definition) is 4. The summed E-state index contributed by atoms with van der Waals surface area (Å²) < 4.78 is 34.1. The Labute approximate surface area is 305 Å². The van der Waals surface area contributed by atoms with Crippen LogP contribution < -0.4 is 21.2 Å². The molecule has 4 rings (SSSR count). The van der Waals surface area contributed by atoms with Gasteiger partial charge in [-0.15, -0.1) is 6.58 Å². The maximum atomic E-state index is 15.0. The minimum absolute atomic E-state index is 0.0715. The summed E-state index contributed by atoms with van der Waals surface area (Å²) in [5.41, 5.74) is 8.66. The summed E-state index contributed by atoms with van der Waals surface area (Å²) in [4.78, 5) is 40.1. The van der Waals surface area contributed by atoms with Gasteiger partial charge in [-0.25, -0.2) is 15.2 Å². The Kier molecular flexibility index (Phi) is 15.3. The smallest absolute Gasteiger partial charge is 0.323 e. The van der Waals surface area contributed by atoms with Gasteiger partial charge in [0.25, 0.3) is 0 Å². The molecule has 2 aromatic carbocycles. The highest BCUT2D eigenvalue weighted by Gasteiger charge is 2.36. The second-order valence-corrected chi connectivity index (χ2v) is 15.5. The number of esters is 2. The molecular weight excluding hydrogens is 683 g/mol. The molecule has 0 bridgehead atoms. The molecule has 0 aliphatic heterocycles. The Hall–Kier alpha value is -4.62. The highest BCUT2D eigenvalue weighted by atomic mass is 31.2. The third-order valence-corrected chi connectivity index (χ3v) is 9.63. The number of nitrogens with two attached hydrogens (primary N) is 1. The molecular formula is C37H51N8O6P. The zero-order valence-electron chi connectivity index (χ0n) is 30.4. The molecule has 2 heterocycles. The van der Waals surface area contributed by atoms with Crippen LogP contribution in [0.2, 0.25) is 0 Å². The van der Waals surface area contributed by atoms with Gasteiger partial charge in [-0.2, -0.15) is 9.97 Å². The second kappa shape index (κ2) is 19.8. The standard InChI is InChI=1S/C37H51N8O6P/c1-6-17-39-33-32-34(42-37(38)41-33)45(24-40-32)18-19-49-25-52(48,43-30(35(46)50-22-26(2)3)20-28-13-9-7-10-14-28)44-31(36(47)51-23-27(4)5)21-29-15-11-8-12-16-29/h6-16,24,26-27,30-31H,1,17-23,25H2,2-5H3,(H2,43,44,48)(H3,38,39,41,42)/t30-,31-/m0/s1. The van der Waals surface area contributed by atoms with E-state index in [0.717, 1.165) is 11.1 Å². The molecule has 0 unspecified atom stereocenters. The van der Waals surface area contributed by atoms with Gasteiger partial charge in [0, 0.05) is 13.1 Å². The van der Waals surface area contributed by atoms with Gasteiger partial charge in [-0.3, -0.25) is 14.2 Å². The molecule has 2 aromatic heterocycles. The van der Waals surface area contributed by atoms with Crippen LogP contribution in [0.15, 0.2) is 79.6 Å². The average molecular weight is 735 g/mol. The molecule has 2 atom stereocenters. The topological polar surface area (TPSA) is 185 Å². The largest absolute Gasteiger partial charge is 0.464 e. The van der Waals surface area contributed by atoms with Crippen molar-refractivity contribution >= 4 is 42.3 Å². The third-order valence-electron chi connectivity index (χ3n) is 7.63. The number of nitrogens with zero attached hydrogens (tertiary/aromatic N) is 4. The highest BCUT2D eigenvalue weighted by molar-refractivity contribution is 7.59. The monoisotopic (exact) mass is 734 g/mol. The summed E-state index contributed by atoms with van der Waals surface area (Å²) in [6.45, 7) is 12.7. The van der Waals surface area contributed by atoms with Crippen LogP contribution in [0, 0.1) is 11.8 Å². The van der Waals surface area contributed by atoms with E-state index in [-0.39, 0.29) is 63.3 Å². The van der Waals surface area contributed by atoms with Gasteiger partial charge in [0.15, 0.2) is 17.0 Å². The first-order valence-corrected chi connectivity index (χ1v) is 19.3. The predicted octanol–water partition coefficient (Wildman–Crippen LogP) is 4.97. The molecule has 0 saturated carbocycles. The van der Waals surface area contributed by atoms with Gasteiger partial charge >= 0.3 is 11.9 Å². The lowest BCUT2D eigenvalue weighted by molar-refractivity contribution is -0.147. The molecule has 0 amide bonds. The van der Waals surface area contributed by atoms with Gasteiger partial charge in [-0.05, 0) is 35.8 Å². The van der Waals surface area contributed by atoms with Crippen molar-refractivity contribution in [2.75, 3.05) is 43.8 Å². The zero-order chi connectivity index (χ0) is 37.5. The van der Waals surface area contributed by atoms with Crippen molar-refractivity contribution in [3.8, 4) is 0 Å². The number of nitrogen functional groups attached to an aromatic ring is 1. The summed E-state index contributed by atoms with van der Waals surface area (Å²) in [6.07, 6.45) is 3.30. The maximum absolute atomic E-state index is 15.0. The number of aromatic nitrogens is 4. The Bertz CT molecular complexity index is 1710. The number of carbonyl (C=O) groups excluding carboxylic acids is 2. The minimum Gasteiger partial charge on any atom is -0.464 e. The molecule has 280 valence electrons. The number of fused-ring (bicyclic) bond motifs is 1. The number of benzene rings is 2. The van der Waals surface area contributed by atoms with Gasteiger partial charge in [-0.1, -0.05) is 94.4 Å². The molecule has 14 nitrogen and oxygen atoms in total. The number of carbonyl (C=O) groups is 2. The van der Waals surface area contributed by atoms with Crippen LogP contribution in [-0.2, 0) is 47.8 Å². The van der Waals surface area contributed by atoms with Gasteiger partial charge in [0.1, 0.15) is 18.4 Å². The lowest BCUT2D eigenvalue weighted by atomic mass is 10.1. The Balaban J connectivity index is 1.60. The van der Waals surface area contributed by atoms with Crippen molar-refractivity contribution < 1.29 is 28.4 Å². The van der Waals surface area contributed by atoms with Crippen molar-refractivity contribution in [2.24, 2.45) is 11.8 Å². The number of anilines is 2. The zero-order valence-corrected chi connectivity index (χ0v) is 31.3. The maximum Gasteiger partial charge on any atom is 0.323 e. The van der Waals surface area contributed by atoms with E-state index < -0.39 is 31.5 Å². The molecule has 0 aliphatic carbocycles. The van der Waals surface area contributed by atoms with Gasteiger partial charge in [0.2, 0.25) is 13.4 Å². The molecule has 0 spiro atoms. The van der Waals surface area contributed by atoms with Crippen LogP contribution in [0.3, 0.4) is 0 Å². The normalized spacial score (nSPS) is 12.9. The summed E-state index contributed by atoms with van der Waals surface area (Å²) >= 11 is 0. The van der Waals surface area contributed by atoms with Gasteiger partial charge in [0.05, 0.1) is 26.1 Å². The SMILES string of the molecule is C=CCNc1nc(N)nc2c1ncn2CCOCP(=O)(N[C@@H](Cc1ccccc1)C(=O)OCC(C)C)N[C@@H](Cc1ccccc1)C(=O)OCC(C)C. The first-order valence-electron chi connectivity index (χ1n) is 17.4. The van der Waals surface area contributed by atoms with E-state index >= 15 is 4.57 Å². The predicted molar refractivity (Wildman–Crippen MR) is 203 cm³/mol. The average Bonchev–Trinajstić information content (AvgIpc) is 3.53. The number of ether oxygens (including phenoxy) is 3. The van der Waals surface area contributed by atoms with Crippen LogP contribution in [0.1, 0.15) is 38.8 Å². The summed E-state index contributed by atoms with van der Waals surface area (Å²) in [5, 5.41) is 9.23. The van der Waals surface area contributed by atoms with Crippen molar-refractivity contribution in [2.45, 2.75) is 59.2 Å². The van der Waals surface area contributed by atoms with E-state index in [1.54, 1.807) is 17.0 Å². The molecule has 0 aliphatic rings. The van der Waals surface area contributed by atoms with Crippen LogP contribution in [-0.4, -0.2) is 76.3 Å². The lowest BCUT2D eigenvalue weighted by Gasteiger charge is -2.29. The molecule has 5 N–H and O–H groups in total.